The largest absolute Gasteiger partial charge is 0.495 e. The van der Waals surface area contributed by atoms with E-state index in [-0.39, 0.29) is 0 Å². The van der Waals surface area contributed by atoms with Crippen LogP contribution >= 0.6 is 0 Å². The van der Waals surface area contributed by atoms with Crippen LogP contribution in [-0.4, -0.2) is 13.2 Å². The summed E-state index contributed by atoms with van der Waals surface area (Å²) >= 11 is 0. The fraction of sp³-hybridized carbons (Fsp3) is 0.588. The maximum absolute atomic E-state index is 9.07. The van der Waals surface area contributed by atoms with E-state index in [4.69, 9.17) is 10.00 Å². The number of hydrogen-bond acceptors (Lipinski definition) is 3. The van der Waals surface area contributed by atoms with Gasteiger partial charge in [0.15, 0.2) is 0 Å². The van der Waals surface area contributed by atoms with E-state index < -0.39 is 0 Å². The molecular weight excluding hydrogens is 248 g/mol. The predicted molar refractivity (Wildman–Crippen MR) is 82.7 cm³/mol. The number of nitrogens with one attached hydrogen (secondary N) is 1. The third-order valence-electron chi connectivity index (χ3n) is 3.46. The fourth-order valence-electron chi connectivity index (χ4n) is 2.18. The molecule has 0 aliphatic heterocycles. The minimum atomic E-state index is 0.501. The normalized spacial score (nSPS) is 12.2. The molecule has 20 heavy (non-hydrogen) atoms. The number of nitriles is 1. The summed E-state index contributed by atoms with van der Waals surface area (Å²) in [7, 11) is 1.59. The molecule has 1 rings (SSSR count). The van der Waals surface area contributed by atoms with Crippen LogP contribution in [0.1, 0.15) is 51.2 Å². The topological polar surface area (TPSA) is 45.0 Å². The van der Waals surface area contributed by atoms with Crippen molar-refractivity contribution in [3.05, 3.63) is 29.3 Å². The van der Waals surface area contributed by atoms with Crippen molar-refractivity contribution in [3.8, 4) is 11.8 Å². The summed E-state index contributed by atoms with van der Waals surface area (Å²) in [4.78, 5) is 0. The summed E-state index contributed by atoms with van der Waals surface area (Å²) in [5, 5.41) is 12.6. The highest BCUT2D eigenvalue weighted by atomic mass is 16.5. The zero-order valence-corrected chi connectivity index (χ0v) is 13.1. The first kappa shape index (κ1) is 16.5. The van der Waals surface area contributed by atoms with Crippen molar-refractivity contribution in [2.45, 2.75) is 52.6 Å². The molecule has 0 aromatic heterocycles. The molecule has 1 N–H and O–H groups in total. The Morgan fingerprint density at radius 3 is 2.60 bits per heavy atom. The Labute approximate surface area is 123 Å². The SMILES string of the molecule is COc1ccc(CNC(C)CCCC(C)C)cc1C#N. The molecular formula is C17H26N2O. The van der Waals surface area contributed by atoms with E-state index in [1.807, 2.05) is 18.2 Å². The van der Waals surface area contributed by atoms with E-state index in [2.05, 4.69) is 32.2 Å². The highest BCUT2D eigenvalue weighted by molar-refractivity contribution is 5.45. The van der Waals surface area contributed by atoms with Gasteiger partial charge in [0.1, 0.15) is 11.8 Å². The van der Waals surface area contributed by atoms with E-state index in [0.29, 0.717) is 17.4 Å². The van der Waals surface area contributed by atoms with Crippen molar-refractivity contribution in [3.63, 3.8) is 0 Å². The highest BCUT2D eigenvalue weighted by Crippen LogP contribution is 2.18. The lowest BCUT2D eigenvalue weighted by molar-refractivity contribution is 0.413. The Hall–Kier alpha value is -1.53. The maximum Gasteiger partial charge on any atom is 0.136 e. The molecule has 0 fully saturated rings. The molecule has 3 nitrogen and oxygen atoms in total. The van der Waals surface area contributed by atoms with Gasteiger partial charge in [-0.1, -0.05) is 32.8 Å². The van der Waals surface area contributed by atoms with Crippen LogP contribution in [0.2, 0.25) is 0 Å². The number of nitrogens with zero attached hydrogens (tertiary/aromatic N) is 1. The van der Waals surface area contributed by atoms with Crippen LogP contribution in [0.25, 0.3) is 0 Å². The van der Waals surface area contributed by atoms with Crippen LogP contribution in [0.3, 0.4) is 0 Å². The van der Waals surface area contributed by atoms with Gasteiger partial charge in [0.25, 0.3) is 0 Å². The Kier molecular flexibility index (Phi) is 7.11. The molecule has 1 atom stereocenters. The van der Waals surface area contributed by atoms with Crippen LogP contribution in [-0.2, 0) is 6.54 Å². The predicted octanol–water partition coefficient (Wildman–Crippen LogP) is 3.87. The zero-order chi connectivity index (χ0) is 15.0. The molecule has 1 aromatic rings. The summed E-state index contributed by atoms with van der Waals surface area (Å²) < 4.78 is 5.15. The van der Waals surface area contributed by atoms with Crippen molar-refractivity contribution in [1.29, 1.82) is 5.26 Å². The van der Waals surface area contributed by atoms with Gasteiger partial charge in [-0.15, -0.1) is 0 Å². The molecule has 3 heteroatoms. The Morgan fingerprint density at radius 2 is 2.00 bits per heavy atom. The molecule has 0 amide bonds. The van der Waals surface area contributed by atoms with Crippen molar-refractivity contribution in [2.75, 3.05) is 7.11 Å². The molecule has 0 bridgehead atoms. The van der Waals surface area contributed by atoms with Crippen LogP contribution < -0.4 is 10.1 Å². The zero-order valence-electron chi connectivity index (χ0n) is 13.1. The maximum atomic E-state index is 9.07. The molecule has 0 saturated heterocycles. The third kappa shape index (κ3) is 5.63. The Bertz CT molecular complexity index is 449. The molecule has 0 heterocycles. The van der Waals surface area contributed by atoms with Gasteiger partial charge in [0.2, 0.25) is 0 Å². The molecule has 1 unspecified atom stereocenters. The Balaban J connectivity index is 2.43. The minimum Gasteiger partial charge on any atom is -0.495 e. The standard InChI is InChI=1S/C17H26N2O/c1-13(2)6-5-7-14(3)19-12-15-8-9-17(20-4)16(10-15)11-18/h8-10,13-14,19H,5-7,12H2,1-4H3. The van der Waals surface area contributed by atoms with Crippen molar-refractivity contribution in [1.82, 2.24) is 5.32 Å². The third-order valence-corrected chi connectivity index (χ3v) is 3.46. The van der Waals surface area contributed by atoms with Gasteiger partial charge in [-0.25, -0.2) is 0 Å². The number of ether oxygens (including phenoxy) is 1. The van der Waals surface area contributed by atoms with Crippen LogP contribution in [0.5, 0.6) is 5.75 Å². The van der Waals surface area contributed by atoms with E-state index in [1.165, 1.54) is 19.3 Å². The number of rotatable bonds is 8. The lowest BCUT2D eigenvalue weighted by atomic mass is 10.0. The molecule has 0 aliphatic carbocycles. The molecule has 0 aliphatic rings. The van der Waals surface area contributed by atoms with Crippen molar-refractivity contribution >= 4 is 0 Å². The van der Waals surface area contributed by atoms with E-state index >= 15 is 0 Å². The minimum absolute atomic E-state index is 0.501. The van der Waals surface area contributed by atoms with Gasteiger partial charge in [-0.05, 0) is 37.0 Å². The second-order valence-electron chi connectivity index (χ2n) is 5.75. The lowest BCUT2D eigenvalue weighted by Crippen LogP contribution is -2.25. The quantitative estimate of drug-likeness (QED) is 0.782. The van der Waals surface area contributed by atoms with Gasteiger partial charge in [0, 0.05) is 12.6 Å². The van der Waals surface area contributed by atoms with Crippen molar-refractivity contribution in [2.24, 2.45) is 5.92 Å². The van der Waals surface area contributed by atoms with Gasteiger partial charge >= 0.3 is 0 Å². The number of benzene rings is 1. The van der Waals surface area contributed by atoms with Gasteiger partial charge in [0.05, 0.1) is 12.7 Å². The fourth-order valence-corrected chi connectivity index (χ4v) is 2.18. The number of methoxy groups -OCH3 is 1. The average molecular weight is 274 g/mol. The summed E-state index contributed by atoms with van der Waals surface area (Å²) in [5.74, 6) is 1.42. The van der Waals surface area contributed by atoms with Crippen LogP contribution in [0.4, 0.5) is 0 Å². The van der Waals surface area contributed by atoms with Crippen LogP contribution in [0, 0.1) is 17.2 Å². The molecule has 0 spiro atoms. The monoisotopic (exact) mass is 274 g/mol. The van der Waals surface area contributed by atoms with Crippen molar-refractivity contribution < 1.29 is 4.74 Å². The molecule has 0 radical (unpaired) electrons. The summed E-state index contributed by atoms with van der Waals surface area (Å²) in [6.07, 6.45) is 3.74. The Morgan fingerprint density at radius 1 is 1.25 bits per heavy atom. The highest BCUT2D eigenvalue weighted by Gasteiger charge is 2.06. The first-order chi connectivity index (χ1) is 9.56. The lowest BCUT2D eigenvalue weighted by Gasteiger charge is -2.15. The van der Waals surface area contributed by atoms with E-state index in [1.54, 1.807) is 7.11 Å². The molecule has 110 valence electrons. The average Bonchev–Trinajstić information content (AvgIpc) is 2.44. The first-order valence-corrected chi connectivity index (χ1v) is 7.37. The second-order valence-corrected chi connectivity index (χ2v) is 5.75. The first-order valence-electron chi connectivity index (χ1n) is 7.37. The van der Waals surface area contributed by atoms with E-state index in [0.717, 1.165) is 18.0 Å². The van der Waals surface area contributed by atoms with E-state index in [9.17, 15) is 0 Å². The summed E-state index contributed by atoms with van der Waals surface area (Å²) in [5.41, 5.74) is 1.72. The summed E-state index contributed by atoms with van der Waals surface area (Å²) in [6, 6.07) is 8.43. The smallest absolute Gasteiger partial charge is 0.136 e. The van der Waals surface area contributed by atoms with Gasteiger partial charge in [-0.3, -0.25) is 0 Å². The van der Waals surface area contributed by atoms with Crippen LogP contribution in [0.15, 0.2) is 18.2 Å². The molecule has 0 saturated carbocycles. The number of hydrogen-bond donors (Lipinski definition) is 1. The summed E-state index contributed by atoms with van der Waals surface area (Å²) in [6.45, 7) is 7.54. The molecule has 1 aromatic carbocycles. The van der Waals surface area contributed by atoms with Gasteiger partial charge in [-0.2, -0.15) is 5.26 Å². The second kappa shape index (κ2) is 8.60. The van der Waals surface area contributed by atoms with Gasteiger partial charge < -0.3 is 10.1 Å².